The number of amides is 2. The molecule has 0 radical (unpaired) electrons. The smallest absolute Gasteiger partial charge is 0.411 e. The highest BCUT2D eigenvalue weighted by atomic mass is 32.2. The van der Waals surface area contributed by atoms with Gasteiger partial charge in [-0.2, -0.15) is 0 Å². The number of rotatable bonds is 8. The Hall–Kier alpha value is -3.05. The molecule has 1 aromatic carbocycles. The summed E-state index contributed by atoms with van der Waals surface area (Å²) >= 11 is 0. The Labute approximate surface area is 180 Å². The maximum absolute atomic E-state index is 12.6. The van der Waals surface area contributed by atoms with Crippen LogP contribution in [0.3, 0.4) is 0 Å². The first-order chi connectivity index (χ1) is 14.8. The molecule has 1 aliphatic heterocycles. The van der Waals surface area contributed by atoms with Crippen molar-refractivity contribution in [2.24, 2.45) is 5.92 Å². The van der Waals surface area contributed by atoms with Gasteiger partial charge in [-0.3, -0.25) is 10.1 Å². The number of aromatic nitrogens is 2. The number of piperidine rings is 1. The van der Waals surface area contributed by atoms with E-state index >= 15 is 0 Å². The lowest BCUT2D eigenvalue weighted by Crippen LogP contribution is -2.42. The van der Waals surface area contributed by atoms with Crippen LogP contribution in [0.4, 0.5) is 10.7 Å². The average molecular weight is 448 g/mol. The quantitative estimate of drug-likeness (QED) is 0.558. The summed E-state index contributed by atoms with van der Waals surface area (Å²) < 4.78 is 26.8. The van der Waals surface area contributed by atoms with Crippen LogP contribution in [-0.2, 0) is 16.4 Å². The van der Waals surface area contributed by atoms with E-state index in [9.17, 15) is 18.0 Å². The second kappa shape index (κ2) is 10.3. The fraction of sp³-hybridized carbons (Fsp3) is 0.400. The third kappa shape index (κ3) is 6.72. The summed E-state index contributed by atoms with van der Waals surface area (Å²) in [6, 6.07) is 9.54. The van der Waals surface area contributed by atoms with Gasteiger partial charge in [0.05, 0.1) is 11.3 Å². The molecule has 10 nitrogen and oxygen atoms in total. The first-order valence-corrected chi connectivity index (χ1v) is 11.6. The maximum Gasteiger partial charge on any atom is 0.411 e. The molecule has 1 aliphatic rings. The molecule has 166 valence electrons. The molecule has 3 rings (SSSR count). The lowest BCUT2D eigenvalue weighted by molar-refractivity contribution is 0.0940. The van der Waals surface area contributed by atoms with E-state index in [0.29, 0.717) is 38.9 Å². The molecule has 0 atom stereocenters. The van der Waals surface area contributed by atoms with Crippen molar-refractivity contribution in [3.05, 3.63) is 53.9 Å². The Morgan fingerprint density at radius 1 is 1.10 bits per heavy atom. The van der Waals surface area contributed by atoms with Crippen molar-refractivity contribution < 1.29 is 23.1 Å². The van der Waals surface area contributed by atoms with Gasteiger partial charge in [-0.1, -0.05) is 30.3 Å². The highest BCUT2D eigenvalue weighted by molar-refractivity contribution is 7.89. The van der Waals surface area contributed by atoms with Crippen molar-refractivity contribution >= 4 is 28.0 Å². The van der Waals surface area contributed by atoms with Crippen LogP contribution in [0.2, 0.25) is 0 Å². The van der Waals surface area contributed by atoms with Crippen LogP contribution in [0.15, 0.2) is 42.7 Å². The van der Waals surface area contributed by atoms with Crippen LogP contribution in [0.1, 0.15) is 28.8 Å². The molecule has 2 aromatic rings. The van der Waals surface area contributed by atoms with E-state index in [-0.39, 0.29) is 29.1 Å². The van der Waals surface area contributed by atoms with E-state index in [2.05, 4.69) is 15.3 Å². The molecule has 0 bridgehead atoms. The number of carbonyl (C=O) groups excluding carboxylic acids is 1. The van der Waals surface area contributed by atoms with Gasteiger partial charge in [0, 0.05) is 32.0 Å². The average Bonchev–Trinajstić information content (AvgIpc) is 2.77. The zero-order valence-corrected chi connectivity index (χ0v) is 17.7. The molecule has 1 aromatic heterocycles. The molecule has 2 amide bonds. The predicted molar refractivity (Wildman–Crippen MR) is 114 cm³/mol. The van der Waals surface area contributed by atoms with Crippen LogP contribution in [0.5, 0.6) is 0 Å². The molecule has 11 heteroatoms. The summed E-state index contributed by atoms with van der Waals surface area (Å²) in [7, 11) is -3.31. The van der Waals surface area contributed by atoms with E-state index in [1.165, 1.54) is 16.7 Å². The molecule has 1 fully saturated rings. The van der Waals surface area contributed by atoms with Crippen molar-refractivity contribution in [1.29, 1.82) is 0 Å². The van der Waals surface area contributed by atoms with Gasteiger partial charge in [0.1, 0.15) is 0 Å². The van der Waals surface area contributed by atoms with Gasteiger partial charge in [-0.15, -0.1) is 0 Å². The fourth-order valence-electron chi connectivity index (χ4n) is 3.36. The fourth-order valence-corrected chi connectivity index (χ4v) is 4.88. The summed E-state index contributed by atoms with van der Waals surface area (Å²) in [6.45, 7) is 1.30. The molecule has 1 saturated heterocycles. The number of nitrogens with zero attached hydrogens (tertiary/aromatic N) is 3. The highest BCUT2D eigenvalue weighted by Gasteiger charge is 2.28. The van der Waals surface area contributed by atoms with Gasteiger partial charge < -0.3 is 10.4 Å². The Kier molecular flexibility index (Phi) is 7.53. The summed E-state index contributed by atoms with van der Waals surface area (Å²) in [5.74, 6) is -0.200. The van der Waals surface area contributed by atoms with Gasteiger partial charge in [0.2, 0.25) is 16.0 Å². The minimum Gasteiger partial charge on any atom is -0.465 e. The van der Waals surface area contributed by atoms with Crippen LogP contribution in [0.25, 0.3) is 0 Å². The highest BCUT2D eigenvalue weighted by Crippen LogP contribution is 2.20. The monoisotopic (exact) mass is 447 g/mol. The summed E-state index contributed by atoms with van der Waals surface area (Å²) in [5.41, 5.74) is 1.22. The zero-order valence-electron chi connectivity index (χ0n) is 16.9. The van der Waals surface area contributed by atoms with Crippen molar-refractivity contribution in [3.63, 3.8) is 0 Å². The van der Waals surface area contributed by atoms with Crippen molar-refractivity contribution in [2.45, 2.75) is 19.3 Å². The van der Waals surface area contributed by atoms with Gasteiger partial charge in [-0.05, 0) is 30.7 Å². The van der Waals surface area contributed by atoms with Gasteiger partial charge in [0.25, 0.3) is 5.91 Å². The lowest BCUT2D eigenvalue weighted by Gasteiger charge is -2.31. The molecule has 0 unspecified atom stereocenters. The number of nitrogens with one attached hydrogen (secondary N) is 2. The minimum absolute atomic E-state index is 0.0884. The number of anilines is 1. The van der Waals surface area contributed by atoms with Crippen LogP contribution in [-0.4, -0.2) is 65.2 Å². The number of hydrogen-bond donors (Lipinski definition) is 3. The molecule has 2 heterocycles. The molecule has 3 N–H and O–H groups in total. The van der Waals surface area contributed by atoms with Gasteiger partial charge in [0.15, 0.2) is 0 Å². The van der Waals surface area contributed by atoms with Crippen LogP contribution >= 0.6 is 0 Å². The SMILES string of the molecule is O=C(O)Nc1ncc(C(=O)NCC2CCN(S(=O)(=O)CCc3ccccc3)CC2)cn1. The number of hydrogen-bond acceptors (Lipinski definition) is 6. The van der Waals surface area contributed by atoms with E-state index in [0.717, 1.165) is 5.56 Å². The second-order valence-electron chi connectivity index (χ2n) is 7.33. The normalized spacial score (nSPS) is 15.4. The summed E-state index contributed by atoms with van der Waals surface area (Å²) in [4.78, 5) is 30.3. The third-order valence-corrected chi connectivity index (χ3v) is 7.01. The van der Waals surface area contributed by atoms with Crippen molar-refractivity contribution in [3.8, 4) is 0 Å². The maximum atomic E-state index is 12.6. The molecule has 0 aliphatic carbocycles. The number of sulfonamides is 1. The Morgan fingerprint density at radius 2 is 1.74 bits per heavy atom. The van der Waals surface area contributed by atoms with E-state index in [1.807, 2.05) is 35.6 Å². The Balaban J connectivity index is 1.42. The summed E-state index contributed by atoms with van der Waals surface area (Å²) in [5, 5.41) is 13.4. The third-order valence-electron chi connectivity index (χ3n) is 5.14. The Bertz CT molecular complexity index is 990. The molecular formula is C20H25N5O5S. The van der Waals surface area contributed by atoms with Gasteiger partial charge in [-0.25, -0.2) is 27.5 Å². The minimum atomic E-state index is -3.31. The van der Waals surface area contributed by atoms with Crippen LogP contribution in [0, 0.1) is 5.92 Å². The van der Waals surface area contributed by atoms with E-state index in [4.69, 9.17) is 5.11 Å². The summed E-state index contributed by atoms with van der Waals surface area (Å²) in [6.07, 6.45) is 3.03. The standard InChI is InChI=1S/C20H25N5O5S/c26-18(17-13-22-19(23-14-17)24-20(27)28)21-12-16-6-9-25(10-7-16)31(29,30)11-8-15-4-2-1-3-5-15/h1-5,13-14,16H,6-12H2,(H,21,26)(H,27,28)(H,22,23,24). The molecular weight excluding hydrogens is 422 g/mol. The lowest BCUT2D eigenvalue weighted by atomic mass is 9.98. The largest absolute Gasteiger partial charge is 0.465 e. The number of carboxylic acid groups (broad SMARTS) is 1. The molecule has 0 saturated carbocycles. The zero-order chi connectivity index (χ0) is 22.3. The van der Waals surface area contributed by atoms with Crippen LogP contribution < -0.4 is 10.6 Å². The number of benzene rings is 1. The number of aryl methyl sites for hydroxylation is 1. The van der Waals surface area contributed by atoms with Crippen molar-refractivity contribution in [1.82, 2.24) is 19.6 Å². The van der Waals surface area contributed by atoms with Crippen molar-refractivity contribution in [2.75, 3.05) is 30.7 Å². The first kappa shape index (κ1) is 22.6. The molecule has 31 heavy (non-hydrogen) atoms. The van der Waals surface area contributed by atoms with Gasteiger partial charge >= 0.3 is 6.09 Å². The van der Waals surface area contributed by atoms with E-state index in [1.54, 1.807) is 0 Å². The number of carbonyl (C=O) groups is 2. The first-order valence-electron chi connectivity index (χ1n) is 9.95. The topological polar surface area (TPSA) is 142 Å². The second-order valence-corrected chi connectivity index (χ2v) is 9.42. The Morgan fingerprint density at radius 3 is 2.35 bits per heavy atom. The molecule has 0 spiro atoms. The predicted octanol–water partition coefficient (Wildman–Crippen LogP) is 1.58. The van der Waals surface area contributed by atoms with E-state index < -0.39 is 16.1 Å².